The molecule has 0 saturated heterocycles. The number of hydrogen-bond acceptors (Lipinski definition) is 3. The first kappa shape index (κ1) is 16.6. The van der Waals surface area contributed by atoms with E-state index in [1.54, 1.807) is 16.8 Å². The molecule has 5 nitrogen and oxygen atoms in total. The molecule has 1 atom stereocenters. The highest BCUT2D eigenvalue weighted by atomic mass is 79.9. The Kier molecular flexibility index (Phi) is 4.41. The monoisotopic (exact) mass is 386 g/mol. The van der Waals surface area contributed by atoms with Crippen molar-refractivity contribution in [2.24, 2.45) is 5.41 Å². The van der Waals surface area contributed by atoms with Gasteiger partial charge in [0.05, 0.1) is 5.52 Å². The van der Waals surface area contributed by atoms with Crippen LogP contribution in [0.15, 0.2) is 53.0 Å². The minimum atomic E-state index is -0.323. The second kappa shape index (κ2) is 6.36. The Labute approximate surface area is 149 Å². The van der Waals surface area contributed by atoms with Gasteiger partial charge in [-0.1, -0.05) is 60.1 Å². The first-order chi connectivity index (χ1) is 11.4. The molecule has 0 spiro atoms. The molecule has 2 aromatic carbocycles. The third-order valence-corrected chi connectivity index (χ3v) is 4.29. The minimum absolute atomic E-state index is 0.143. The van der Waals surface area contributed by atoms with Gasteiger partial charge in [-0.15, -0.1) is 5.10 Å². The molecule has 0 fully saturated rings. The molecule has 0 bridgehead atoms. The second-order valence-corrected chi connectivity index (χ2v) is 7.69. The van der Waals surface area contributed by atoms with E-state index in [1.165, 1.54) is 0 Å². The number of nitrogens with zero attached hydrogens (tertiary/aromatic N) is 3. The standard InChI is InChI=1S/C18H19BrN4O/c1-18(2,3)17(20-16(24)12-7-6-8-13(19)11-12)23-15-10-5-4-9-14(15)21-22-23/h4-11,17H,1-3H3,(H,20,24). The van der Waals surface area contributed by atoms with Crippen molar-refractivity contribution in [2.45, 2.75) is 26.9 Å². The summed E-state index contributed by atoms with van der Waals surface area (Å²) in [6.45, 7) is 6.19. The van der Waals surface area contributed by atoms with Crippen molar-refractivity contribution in [1.29, 1.82) is 0 Å². The van der Waals surface area contributed by atoms with Crippen LogP contribution >= 0.6 is 15.9 Å². The summed E-state index contributed by atoms with van der Waals surface area (Å²) in [5.41, 5.74) is 2.07. The molecule has 0 saturated carbocycles. The van der Waals surface area contributed by atoms with Gasteiger partial charge in [-0.25, -0.2) is 4.68 Å². The topological polar surface area (TPSA) is 59.8 Å². The summed E-state index contributed by atoms with van der Waals surface area (Å²) < 4.78 is 2.65. The Hall–Kier alpha value is -2.21. The van der Waals surface area contributed by atoms with Gasteiger partial charge in [-0.2, -0.15) is 0 Å². The lowest BCUT2D eigenvalue weighted by atomic mass is 9.92. The van der Waals surface area contributed by atoms with E-state index in [4.69, 9.17) is 0 Å². The number of fused-ring (bicyclic) bond motifs is 1. The van der Waals surface area contributed by atoms with Crippen LogP contribution in [0.5, 0.6) is 0 Å². The summed E-state index contributed by atoms with van der Waals surface area (Å²) in [7, 11) is 0. The van der Waals surface area contributed by atoms with E-state index in [9.17, 15) is 4.79 Å². The zero-order chi connectivity index (χ0) is 17.3. The maximum Gasteiger partial charge on any atom is 0.252 e. The zero-order valence-electron chi connectivity index (χ0n) is 13.8. The number of nitrogens with one attached hydrogen (secondary N) is 1. The molecule has 1 aromatic heterocycles. The van der Waals surface area contributed by atoms with Gasteiger partial charge in [0.1, 0.15) is 11.7 Å². The lowest BCUT2D eigenvalue weighted by molar-refractivity contribution is 0.0843. The molecule has 1 amide bonds. The average molecular weight is 387 g/mol. The molecule has 124 valence electrons. The van der Waals surface area contributed by atoms with Crippen molar-refractivity contribution < 1.29 is 4.79 Å². The highest BCUT2D eigenvalue weighted by molar-refractivity contribution is 9.10. The van der Waals surface area contributed by atoms with E-state index in [-0.39, 0.29) is 17.5 Å². The van der Waals surface area contributed by atoms with E-state index < -0.39 is 0 Å². The van der Waals surface area contributed by atoms with Crippen molar-refractivity contribution in [3.05, 3.63) is 58.6 Å². The minimum Gasteiger partial charge on any atom is -0.330 e. The highest BCUT2D eigenvalue weighted by Gasteiger charge is 2.30. The number of carbonyl (C=O) groups is 1. The van der Waals surface area contributed by atoms with Crippen LogP contribution in [-0.2, 0) is 0 Å². The van der Waals surface area contributed by atoms with E-state index in [0.717, 1.165) is 15.5 Å². The molecule has 0 aliphatic rings. The maximum absolute atomic E-state index is 12.7. The van der Waals surface area contributed by atoms with Crippen LogP contribution in [0.3, 0.4) is 0 Å². The Bertz CT molecular complexity index is 882. The summed E-state index contributed by atoms with van der Waals surface area (Å²) in [6.07, 6.45) is -0.323. The molecular weight excluding hydrogens is 368 g/mol. The average Bonchev–Trinajstić information content (AvgIpc) is 2.95. The summed E-state index contributed by atoms with van der Waals surface area (Å²) in [5, 5.41) is 11.6. The molecule has 24 heavy (non-hydrogen) atoms. The van der Waals surface area contributed by atoms with Gasteiger partial charge in [0.25, 0.3) is 5.91 Å². The SMILES string of the molecule is CC(C)(C)C(NC(=O)c1cccc(Br)c1)n1nnc2ccccc21. The van der Waals surface area contributed by atoms with Crippen molar-refractivity contribution >= 4 is 32.9 Å². The Balaban J connectivity index is 1.98. The van der Waals surface area contributed by atoms with E-state index in [0.29, 0.717) is 5.56 Å². The number of halogens is 1. The van der Waals surface area contributed by atoms with Gasteiger partial charge < -0.3 is 5.32 Å². The number of hydrogen-bond donors (Lipinski definition) is 1. The Morgan fingerprint density at radius 1 is 1.17 bits per heavy atom. The molecule has 3 aromatic rings. The molecule has 1 heterocycles. The smallest absolute Gasteiger partial charge is 0.252 e. The first-order valence-corrected chi connectivity index (χ1v) is 8.52. The van der Waals surface area contributed by atoms with Gasteiger partial charge in [0, 0.05) is 15.5 Å². The fourth-order valence-corrected chi connectivity index (χ4v) is 2.96. The van der Waals surface area contributed by atoms with Crippen LogP contribution < -0.4 is 5.32 Å². The van der Waals surface area contributed by atoms with Crippen molar-refractivity contribution in [3.63, 3.8) is 0 Å². The van der Waals surface area contributed by atoms with Crippen LogP contribution in [0.2, 0.25) is 0 Å². The number of carbonyl (C=O) groups excluding carboxylic acids is 1. The predicted molar refractivity (Wildman–Crippen MR) is 97.6 cm³/mol. The zero-order valence-corrected chi connectivity index (χ0v) is 15.4. The first-order valence-electron chi connectivity index (χ1n) is 7.72. The molecule has 3 rings (SSSR count). The summed E-state index contributed by atoms with van der Waals surface area (Å²) in [4.78, 5) is 12.7. The maximum atomic E-state index is 12.7. The van der Waals surface area contributed by atoms with Crippen molar-refractivity contribution in [3.8, 4) is 0 Å². The third-order valence-electron chi connectivity index (χ3n) is 3.80. The van der Waals surface area contributed by atoms with Crippen LogP contribution in [-0.4, -0.2) is 20.9 Å². The molecule has 0 aliphatic carbocycles. The normalized spacial score (nSPS) is 13.0. The Morgan fingerprint density at radius 2 is 1.92 bits per heavy atom. The molecule has 0 aliphatic heterocycles. The van der Waals surface area contributed by atoms with Crippen LogP contribution in [0.1, 0.15) is 37.3 Å². The lowest BCUT2D eigenvalue weighted by Gasteiger charge is -2.31. The van der Waals surface area contributed by atoms with Crippen LogP contribution in [0.4, 0.5) is 0 Å². The Morgan fingerprint density at radius 3 is 2.62 bits per heavy atom. The van der Waals surface area contributed by atoms with Crippen LogP contribution in [0, 0.1) is 5.41 Å². The van der Waals surface area contributed by atoms with Gasteiger partial charge in [0.15, 0.2) is 0 Å². The van der Waals surface area contributed by atoms with Gasteiger partial charge >= 0.3 is 0 Å². The van der Waals surface area contributed by atoms with E-state index in [2.05, 4.69) is 52.3 Å². The fourth-order valence-electron chi connectivity index (χ4n) is 2.56. The number of amides is 1. The molecule has 6 heteroatoms. The summed E-state index contributed by atoms with van der Waals surface area (Å²) >= 11 is 3.40. The van der Waals surface area contributed by atoms with Gasteiger partial charge in [-0.05, 0) is 30.3 Å². The third kappa shape index (κ3) is 3.33. The van der Waals surface area contributed by atoms with Gasteiger partial charge in [0.2, 0.25) is 0 Å². The number of benzene rings is 2. The molecule has 1 unspecified atom stereocenters. The second-order valence-electron chi connectivity index (χ2n) is 6.78. The van der Waals surface area contributed by atoms with E-state index >= 15 is 0 Å². The van der Waals surface area contributed by atoms with Crippen LogP contribution in [0.25, 0.3) is 11.0 Å². The van der Waals surface area contributed by atoms with Crippen molar-refractivity contribution in [1.82, 2.24) is 20.3 Å². The summed E-state index contributed by atoms with van der Waals surface area (Å²) in [5.74, 6) is -0.143. The molecular formula is C18H19BrN4O. The van der Waals surface area contributed by atoms with Gasteiger partial charge in [-0.3, -0.25) is 4.79 Å². The predicted octanol–water partition coefficient (Wildman–Crippen LogP) is 4.17. The van der Waals surface area contributed by atoms with Crippen molar-refractivity contribution in [2.75, 3.05) is 0 Å². The lowest BCUT2D eigenvalue weighted by Crippen LogP contribution is -2.41. The summed E-state index contributed by atoms with van der Waals surface area (Å²) in [6, 6.07) is 15.1. The molecule has 0 radical (unpaired) electrons. The highest BCUT2D eigenvalue weighted by Crippen LogP contribution is 2.30. The largest absolute Gasteiger partial charge is 0.330 e. The quantitative estimate of drug-likeness (QED) is 0.734. The fraction of sp³-hybridized carbons (Fsp3) is 0.278. The van der Waals surface area contributed by atoms with E-state index in [1.807, 2.05) is 36.4 Å². The number of aromatic nitrogens is 3. The number of para-hydroxylation sites is 1. The number of rotatable bonds is 3. The molecule has 1 N–H and O–H groups in total.